The average Bonchev–Trinajstić information content (AvgIpc) is 3.75. The molecule has 0 aromatic rings. The smallest absolute Gasteiger partial charge is 0.192 e. The lowest BCUT2D eigenvalue weighted by Crippen LogP contribution is -2.68. The van der Waals surface area contributed by atoms with Crippen LogP contribution in [0.3, 0.4) is 0 Å². The molecule has 0 spiro atoms. The standard InChI is InChI=1S/C27H38F2O4Si.C21H24F2O4.C6H15ClSi.2CH4/c1-24(2,3)34(6,7)33-15-22(31)18-9-8-17-19-13-21(28)20-12-16(30)10-11-26(20,5)27(19,29)23(32)14-25(17,18)4;1-19-9-18(27)21(23)14(12(19)3-4-13(19)17(26)10-24)8-16(22)15-7-11(25)5-6-20(15,21)2;1-6(2,3)8(4,5)7;;/h9-12,17,19,21,23,32H,8,13-15H2,1-7H3;4-7,12,14,16,18,24,27H,3,8-10H2,1-2H3;1-5H3;2*1H4/t17-,19-,21-,23-,25-,26-,27-;12-,14-,16-,18-,19-,20-,21-;;;/m00.../s1. The number of rotatable bonds is 6. The molecule has 0 aromatic carbocycles. The highest BCUT2D eigenvalue weighted by atomic mass is 35.6. The van der Waals surface area contributed by atoms with Crippen LogP contribution >= 0.6 is 11.1 Å². The Morgan fingerprint density at radius 3 is 1.37 bits per heavy atom. The minimum Gasteiger partial charge on any atom is -0.409 e. The molecule has 0 unspecified atom stereocenters. The number of fused-ring (bicyclic) bond motifs is 10. The van der Waals surface area contributed by atoms with Crippen molar-refractivity contribution in [3.05, 3.63) is 70.9 Å². The van der Waals surface area contributed by atoms with Crippen molar-refractivity contribution in [2.75, 3.05) is 13.2 Å². The fourth-order valence-corrected chi connectivity index (χ4v) is 14.0. The Morgan fingerprint density at radius 2 is 1.04 bits per heavy atom. The number of carbonyl (C=O) groups is 4. The Labute approximate surface area is 428 Å². The van der Waals surface area contributed by atoms with Crippen molar-refractivity contribution < 1.29 is 56.5 Å². The van der Waals surface area contributed by atoms with E-state index in [0.717, 1.165) is 6.08 Å². The van der Waals surface area contributed by atoms with Gasteiger partial charge in [0.2, 0.25) is 0 Å². The third kappa shape index (κ3) is 9.59. The van der Waals surface area contributed by atoms with Gasteiger partial charge in [-0.3, -0.25) is 19.2 Å². The highest BCUT2D eigenvalue weighted by Gasteiger charge is 2.73. The van der Waals surface area contributed by atoms with Crippen LogP contribution in [-0.4, -0.2) is 103 Å². The molecule has 0 aliphatic heterocycles. The van der Waals surface area contributed by atoms with Crippen LogP contribution in [0, 0.1) is 45.3 Å². The second kappa shape index (κ2) is 19.8. The van der Waals surface area contributed by atoms with Gasteiger partial charge in [-0.15, -0.1) is 0 Å². The summed E-state index contributed by atoms with van der Waals surface area (Å²) in [6.07, 6.45) is 6.26. The predicted molar refractivity (Wildman–Crippen MR) is 281 cm³/mol. The van der Waals surface area contributed by atoms with Gasteiger partial charge < -0.3 is 19.7 Å². The number of allylic oxidation sites excluding steroid dienone is 10. The van der Waals surface area contributed by atoms with Gasteiger partial charge >= 0.3 is 0 Å². The summed E-state index contributed by atoms with van der Waals surface area (Å²) < 4.78 is 70.4. The van der Waals surface area contributed by atoms with Crippen molar-refractivity contribution in [2.45, 2.75) is 195 Å². The molecule has 0 saturated heterocycles. The minimum absolute atomic E-state index is 0. The van der Waals surface area contributed by atoms with Crippen LogP contribution in [0.4, 0.5) is 17.6 Å². The highest BCUT2D eigenvalue weighted by Crippen LogP contribution is 2.70. The molecule has 0 bridgehead atoms. The number of hydrogen-bond acceptors (Lipinski definition) is 8. The number of aliphatic hydroxyl groups excluding tert-OH is 3. The molecule has 14 atom stereocenters. The summed E-state index contributed by atoms with van der Waals surface area (Å²) in [5.74, 6) is -3.53. The average molecular weight is 1050 g/mol. The molecule has 8 aliphatic rings. The first-order chi connectivity index (χ1) is 31.3. The molecule has 8 nitrogen and oxygen atoms in total. The van der Waals surface area contributed by atoms with Crippen LogP contribution in [0.2, 0.25) is 36.3 Å². The number of ketones is 4. The molecule has 4 saturated carbocycles. The van der Waals surface area contributed by atoms with E-state index >= 15 is 17.6 Å². The largest absolute Gasteiger partial charge is 0.409 e. The molecule has 15 heteroatoms. The van der Waals surface area contributed by atoms with Crippen molar-refractivity contribution in [3.8, 4) is 0 Å². The van der Waals surface area contributed by atoms with Crippen molar-refractivity contribution in [3.63, 3.8) is 0 Å². The molecule has 8 rings (SSSR count). The summed E-state index contributed by atoms with van der Waals surface area (Å²) in [4.78, 5) is 49.2. The van der Waals surface area contributed by atoms with Gasteiger partial charge in [0.05, 0.1) is 18.8 Å². The molecule has 4 fully saturated rings. The predicted octanol–water partition coefficient (Wildman–Crippen LogP) is 12.3. The van der Waals surface area contributed by atoms with E-state index in [0.29, 0.717) is 29.0 Å². The van der Waals surface area contributed by atoms with E-state index in [2.05, 4.69) is 67.7 Å². The van der Waals surface area contributed by atoms with E-state index in [1.807, 2.05) is 13.0 Å². The highest BCUT2D eigenvalue weighted by molar-refractivity contribution is 7.20. The number of hydrogen-bond donors (Lipinski definition) is 3. The first-order valence-corrected chi connectivity index (χ1v) is 31.6. The van der Waals surface area contributed by atoms with Gasteiger partial charge in [0.1, 0.15) is 19.0 Å². The Balaban J connectivity index is 0.000000265. The van der Waals surface area contributed by atoms with Gasteiger partial charge in [-0.2, -0.15) is 11.1 Å². The third-order valence-electron chi connectivity index (χ3n) is 19.3. The van der Waals surface area contributed by atoms with Gasteiger partial charge in [0, 0.05) is 33.5 Å². The normalized spacial score (nSPS) is 40.0. The number of aliphatic hydroxyl groups is 3. The number of halogens is 5. The summed E-state index contributed by atoms with van der Waals surface area (Å²) in [6, 6.07) is 0. The zero-order valence-electron chi connectivity index (χ0n) is 43.2. The van der Waals surface area contributed by atoms with Gasteiger partial charge in [-0.05, 0) is 134 Å². The molecule has 0 amide bonds. The molecule has 0 aromatic heterocycles. The van der Waals surface area contributed by atoms with Gasteiger partial charge in [0.25, 0.3) is 0 Å². The second-order valence-electron chi connectivity index (χ2n) is 25.2. The molecule has 0 radical (unpaired) electrons. The summed E-state index contributed by atoms with van der Waals surface area (Å²) in [5.41, 5.74) is -7.41. The first-order valence-electron chi connectivity index (χ1n) is 24.7. The van der Waals surface area contributed by atoms with E-state index in [4.69, 9.17) is 15.5 Å². The van der Waals surface area contributed by atoms with E-state index in [1.54, 1.807) is 26.8 Å². The van der Waals surface area contributed by atoms with Crippen LogP contribution < -0.4 is 0 Å². The lowest BCUT2D eigenvalue weighted by Gasteiger charge is -2.62. The van der Waals surface area contributed by atoms with Crippen molar-refractivity contribution in [1.29, 1.82) is 0 Å². The maximum absolute atomic E-state index is 17.1. The maximum atomic E-state index is 17.1. The molecular formula is C56H85ClF4O8Si2. The topological polar surface area (TPSA) is 138 Å². The van der Waals surface area contributed by atoms with Crippen molar-refractivity contribution >= 4 is 49.9 Å². The van der Waals surface area contributed by atoms with E-state index in [1.165, 1.54) is 30.4 Å². The van der Waals surface area contributed by atoms with Crippen LogP contribution in [0.25, 0.3) is 0 Å². The second-order valence-corrected chi connectivity index (χ2v) is 37.3. The van der Waals surface area contributed by atoms with Crippen LogP contribution in [-0.2, 0) is 23.6 Å². The van der Waals surface area contributed by atoms with Crippen molar-refractivity contribution in [1.82, 2.24) is 0 Å². The maximum Gasteiger partial charge on any atom is 0.192 e. The minimum atomic E-state index is -2.13. The fourth-order valence-electron chi connectivity index (χ4n) is 13.0. The van der Waals surface area contributed by atoms with Crippen LogP contribution in [0.1, 0.15) is 123 Å². The summed E-state index contributed by atoms with van der Waals surface area (Å²) in [7, 11) is -3.52. The molecule has 0 heterocycles. The molecule has 3 N–H and O–H groups in total. The van der Waals surface area contributed by atoms with Gasteiger partial charge in [-0.25, -0.2) is 17.6 Å². The third-order valence-corrected chi connectivity index (χ3v) is 29.1. The van der Waals surface area contributed by atoms with Gasteiger partial charge in [0.15, 0.2) is 50.2 Å². The monoisotopic (exact) mass is 1050 g/mol. The zero-order valence-corrected chi connectivity index (χ0v) is 45.9. The van der Waals surface area contributed by atoms with Crippen LogP contribution in [0.15, 0.2) is 70.9 Å². The van der Waals surface area contributed by atoms with Crippen LogP contribution in [0.5, 0.6) is 0 Å². The lowest BCUT2D eigenvalue weighted by molar-refractivity contribution is -0.192. The summed E-state index contributed by atoms with van der Waals surface area (Å²) in [6.45, 7) is 27.6. The fraction of sp³-hybridized carbons (Fsp3) is 0.714. The SMILES string of the molecule is C.C.CC(C)(C)[Si](C)(C)Cl.CC(C)(C)[Si](C)(C)OCC(=O)C1=CC[C@H]2[C@@H]3C[C@H](F)C4=CC(=O)C=C[C@]4(C)[C@@]3(F)[C@@H](O)C[C@]12C.C[C@]12C=CC(=O)C=C1[C@@H](F)C[C@H]1[C@@H]3CC=C(C(=O)CO)[C@@]3(C)C[C@H](O)[C@@]12F. The Kier molecular flexibility index (Phi) is 17.0. The Bertz CT molecular complexity index is 2310. The summed E-state index contributed by atoms with van der Waals surface area (Å²) >= 11 is 6.15. The van der Waals surface area contributed by atoms with E-state index in [-0.39, 0.29) is 92.5 Å². The number of alkyl halides is 4. The quantitative estimate of drug-likeness (QED) is 0.136. The number of carbonyl (C=O) groups excluding carboxylic acids is 4. The van der Waals surface area contributed by atoms with E-state index in [9.17, 15) is 34.5 Å². The summed E-state index contributed by atoms with van der Waals surface area (Å²) in [5, 5.41) is 31.8. The Morgan fingerprint density at radius 1 is 0.690 bits per heavy atom. The Hall–Kier alpha value is -2.60. The van der Waals surface area contributed by atoms with E-state index < -0.39 is 97.5 Å². The molecule has 8 aliphatic carbocycles. The number of Topliss-reactive ketones (excluding diaryl/α,β-unsaturated/α-hetero) is 2. The van der Waals surface area contributed by atoms with Crippen molar-refractivity contribution in [2.24, 2.45) is 45.3 Å². The molecule has 71 heavy (non-hydrogen) atoms. The zero-order chi connectivity index (χ0) is 52.3. The first kappa shape index (κ1) is 61.0. The molecule has 400 valence electrons. The van der Waals surface area contributed by atoms with Gasteiger partial charge in [-0.1, -0.05) is 108 Å². The molecular weight excluding hydrogens is 968 g/mol. The lowest BCUT2D eigenvalue weighted by atomic mass is 9.45.